The van der Waals surface area contributed by atoms with Crippen molar-refractivity contribution in [2.24, 2.45) is 5.41 Å². The lowest BCUT2D eigenvalue weighted by Gasteiger charge is -2.29. The highest BCUT2D eigenvalue weighted by Crippen LogP contribution is 2.30. The lowest BCUT2D eigenvalue weighted by Crippen LogP contribution is -2.29. The fourth-order valence-corrected chi connectivity index (χ4v) is 2.59. The Hall–Kier alpha value is -0.540. The van der Waals surface area contributed by atoms with Crippen molar-refractivity contribution in [1.29, 1.82) is 0 Å². The minimum absolute atomic E-state index is 0.261. The van der Waals surface area contributed by atoms with Crippen LogP contribution in [-0.4, -0.2) is 18.7 Å². The standard InChI is InChI=1S/C14H22BrNO/c1-10(17)11-6-7-13(12(15)8-11)16(5)9-14(2,3)4/h6-8,10,17H,9H2,1-5H3/t10-/m0/s1. The van der Waals surface area contributed by atoms with Crippen LogP contribution in [0.4, 0.5) is 5.69 Å². The maximum atomic E-state index is 9.53. The zero-order chi connectivity index (χ0) is 13.2. The van der Waals surface area contributed by atoms with Gasteiger partial charge in [-0.3, -0.25) is 0 Å². The summed E-state index contributed by atoms with van der Waals surface area (Å²) in [6.45, 7) is 9.44. The molecule has 3 heteroatoms. The van der Waals surface area contributed by atoms with Crippen molar-refractivity contribution in [3.05, 3.63) is 28.2 Å². The number of benzene rings is 1. The van der Waals surface area contributed by atoms with Crippen LogP contribution >= 0.6 is 15.9 Å². The van der Waals surface area contributed by atoms with E-state index in [1.165, 1.54) is 0 Å². The quantitative estimate of drug-likeness (QED) is 0.912. The van der Waals surface area contributed by atoms with Crippen molar-refractivity contribution in [2.45, 2.75) is 33.8 Å². The summed E-state index contributed by atoms with van der Waals surface area (Å²) >= 11 is 3.57. The van der Waals surface area contributed by atoms with Crippen LogP contribution < -0.4 is 4.90 Å². The molecule has 1 aromatic carbocycles. The lowest BCUT2D eigenvalue weighted by molar-refractivity contribution is 0.199. The molecule has 0 aliphatic heterocycles. The van der Waals surface area contributed by atoms with Crippen LogP contribution in [0, 0.1) is 5.41 Å². The average molecular weight is 300 g/mol. The van der Waals surface area contributed by atoms with E-state index in [2.05, 4.69) is 54.7 Å². The van der Waals surface area contributed by atoms with Crippen molar-refractivity contribution < 1.29 is 5.11 Å². The summed E-state index contributed by atoms with van der Waals surface area (Å²) in [5.41, 5.74) is 2.35. The second kappa shape index (κ2) is 5.40. The summed E-state index contributed by atoms with van der Waals surface area (Å²) in [6, 6.07) is 6.01. The molecule has 0 unspecified atom stereocenters. The SMILES string of the molecule is C[C@H](O)c1ccc(N(C)CC(C)(C)C)c(Br)c1. The Labute approximate surface area is 113 Å². The topological polar surface area (TPSA) is 23.5 Å². The minimum Gasteiger partial charge on any atom is -0.389 e. The molecule has 0 aliphatic carbocycles. The molecule has 17 heavy (non-hydrogen) atoms. The molecule has 0 heterocycles. The number of rotatable bonds is 3. The smallest absolute Gasteiger partial charge is 0.0762 e. The van der Waals surface area contributed by atoms with Crippen molar-refractivity contribution in [3.63, 3.8) is 0 Å². The normalized spacial score (nSPS) is 13.6. The molecule has 1 rings (SSSR count). The van der Waals surface area contributed by atoms with Crippen molar-refractivity contribution in [1.82, 2.24) is 0 Å². The number of aliphatic hydroxyl groups excluding tert-OH is 1. The van der Waals surface area contributed by atoms with Crippen LogP contribution in [0.3, 0.4) is 0 Å². The number of hydrogen-bond acceptors (Lipinski definition) is 2. The van der Waals surface area contributed by atoms with Gasteiger partial charge in [0.2, 0.25) is 0 Å². The van der Waals surface area contributed by atoms with E-state index in [1.807, 2.05) is 12.1 Å². The predicted molar refractivity (Wildman–Crippen MR) is 77.5 cm³/mol. The summed E-state index contributed by atoms with van der Waals surface area (Å²) < 4.78 is 1.03. The zero-order valence-electron chi connectivity index (χ0n) is 11.3. The minimum atomic E-state index is -0.423. The molecule has 0 spiro atoms. The molecule has 0 bridgehead atoms. The maximum Gasteiger partial charge on any atom is 0.0762 e. The third-order valence-electron chi connectivity index (χ3n) is 2.58. The van der Waals surface area contributed by atoms with Gasteiger partial charge in [-0.15, -0.1) is 0 Å². The molecule has 1 aromatic rings. The summed E-state index contributed by atoms with van der Waals surface area (Å²) in [5.74, 6) is 0. The molecule has 0 aliphatic rings. The number of halogens is 1. The van der Waals surface area contributed by atoms with E-state index in [4.69, 9.17) is 0 Å². The molecule has 1 atom stereocenters. The number of anilines is 1. The largest absolute Gasteiger partial charge is 0.389 e. The Morgan fingerprint density at radius 3 is 2.35 bits per heavy atom. The highest BCUT2D eigenvalue weighted by Gasteiger charge is 2.16. The molecule has 0 saturated carbocycles. The van der Waals surface area contributed by atoms with Gasteiger partial charge in [-0.1, -0.05) is 26.8 Å². The second-order valence-corrected chi connectivity index (χ2v) is 6.66. The van der Waals surface area contributed by atoms with E-state index in [-0.39, 0.29) is 5.41 Å². The van der Waals surface area contributed by atoms with Crippen LogP contribution in [0.15, 0.2) is 22.7 Å². The summed E-state index contributed by atoms with van der Waals surface area (Å²) in [4.78, 5) is 2.23. The van der Waals surface area contributed by atoms with E-state index in [0.717, 1.165) is 22.3 Å². The van der Waals surface area contributed by atoms with E-state index >= 15 is 0 Å². The maximum absolute atomic E-state index is 9.53. The lowest BCUT2D eigenvalue weighted by atomic mass is 9.96. The molecule has 1 N–H and O–H groups in total. The number of aliphatic hydroxyl groups is 1. The van der Waals surface area contributed by atoms with E-state index in [9.17, 15) is 5.11 Å². The first kappa shape index (κ1) is 14.5. The van der Waals surface area contributed by atoms with Crippen molar-refractivity contribution in [2.75, 3.05) is 18.5 Å². The highest BCUT2D eigenvalue weighted by molar-refractivity contribution is 9.10. The fourth-order valence-electron chi connectivity index (χ4n) is 1.89. The Kier molecular flexibility index (Phi) is 4.62. The first-order valence-corrected chi connectivity index (χ1v) is 6.68. The van der Waals surface area contributed by atoms with Crippen LogP contribution in [0.1, 0.15) is 39.4 Å². The summed E-state index contributed by atoms with van der Waals surface area (Å²) in [7, 11) is 2.09. The molecule has 2 nitrogen and oxygen atoms in total. The van der Waals surface area contributed by atoms with Crippen molar-refractivity contribution in [3.8, 4) is 0 Å². The number of nitrogens with zero attached hydrogens (tertiary/aromatic N) is 1. The van der Waals surface area contributed by atoms with Crippen LogP contribution in [0.2, 0.25) is 0 Å². The van der Waals surface area contributed by atoms with Gasteiger partial charge in [0.25, 0.3) is 0 Å². The average Bonchev–Trinajstić information content (AvgIpc) is 2.14. The van der Waals surface area contributed by atoms with Crippen LogP contribution in [0.5, 0.6) is 0 Å². The van der Waals surface area contributed by atoms with Gasteiger partial charge in [-0.2, -0.15) is 0 Å². The van der Waals surface area contributed by atoms with Crippen molar-refractivity contribution >= 4 is 21.6 Å². The van der Waals surface area contributed by atoms with Gasteiger partial charge < -0.3 is 10.0 Å². The molecular weight excluding hydrogens is 278 g/mol. The van der Waals surface area contributed by atoms with Gasteiger partial charge in [-0.05, 0) is 46.0 Å². The second-order valence-electron chi connectivity index (χ2n) is 5.80. The van der Waals surface area contributed by atoms with Gasteiger partial charge in [0.05, 0.1) is 11.8 Å². The number of hydrogen-bond donors (Lipinski definition) is 1. The Balaban J connectivity index is 2.92. The molecular formula is C14H22BrNO. The van der Waals surface area contributed by atoms with Gasteiger partial charge in [-0.25, -0.2) is 0 Å². The molecule has 0 fully saturated rings. The first-order valence-electron chi connectivity index (χ1n) is 5.89. The third-order valence-corrected chi connectivity index (χ3v) is 3.21. The van der Waals surface area contributed by atoms with Crippen LogP contribution in [-0.2, 0) is 0 Å². The van der Waals surface area contributed by atoms with E-state index in [0.29, 0.717) is 0 Å². The van der Waals surface area contributed by atoms with E-state index in [1.54, 1.807) is 6.92 Å². The highest BCUT2D eigenvalue weighted by atomic mass is 79.9. The molecule has 0 saturated heterocycles. The monoisotopic (exact) mass is 299 g/mol. The molecule has 0 radical (unpaired) electrons. The van der Waals surface area contributed by atoms with Gasteiger partial charge in [0.15, 0.2) is 0 Å². The fraction of sp³-hybridized carbons (Fsp3) is 0.571. The Bertz CT molecular complexity index is 382. The molecule has 0 amide bonds. The van der Waals surface area contributed by atoms with Gasteiger partial charge in [0, 0.05) is 18.1 Å². The van der Waals surface area contributed by atoms with E-state index < -0.39 is 6.10 Å². The van der Waals surface area contributed by atoms with Gasteiger partial charge in [0.1, 0.15) is 0 Å². The third kappa shape index (κ3) is 4.32. The van der Waals surface area contributed by atoms with Gasteiger partial charge >= 0.3 is 0 Å². The molecule has 0 aromatic heterocycles. The zero-order valence-corrected chi connectivity index (χ0v) is 12.9. The Morgan fingerprint density at radius 1 is 1.35 bits per heavy atom. The van der Waals surface area contributed by atoms with Crippen LogP contribution in [0.25, 0.3) is 0 Å². The molecule has 96 valence electrons. The Morgan fingerprint density at radius 2 is 1.94 bits per heavy atom. The summed E-state index contributed by atoms with van der Waals surface area (Å²) in [5, 5.41) is 9.53. The predicted octanol–water partition coefficient (Wildman–Crippen LogP) is 3.98. The summed E-state index contributed by atoms with van der Waals surface area (Å²) in [6.07, 6.45) is -0.423. The first-order chi connectivity index (χ1) is 7.70.